The first-order chi connectivity index (χ1) is 14.3. The van der Waals surface area contributed by atoms with Crippen molar-refractivity contribution >= 4 is 5.91 Å². The summed E-state index contributed by atoms with van der Waals surface area (Å²) in [6.45, 7) is 2.15. The van der Waals surface area contributed by atoms with Crippen molar-refractivity contribution in [2.24, 2.45) is 5.92 Å². The molecule has 0 radical (unpaired) electrons. The van der Waals surface area contributed by atoms with Crippen LogP contribution in [0.3, 0.4) is 0 Å². The summed E-state index contributed by atoms with van der Waals surface area (Å²) < 4.78 is 50.5. The maximum absolute atomic E-state index is 13.0. The Balaban J connectivity index is 1.91. The molecule has 30 heavy (non-hydrogen) atoms. The first-order valence-electron chi connectivity index (χ1n) is 10.4. The molecule has 3 atom stereocenters. The third-order valence-electron chi connectivity index (χ3n) is 5.70. The number of nitrogens with one attached hydrogen (secondary N) is 1. The van der Waals surface area contributed by atoms with Crippen molar-refractivity contribution in [1.82, 2.24) is 5.32 Å². The molecule has 0 bridgehead atoms. The monoisotopic (exact) mass is 427 g/mol. The molecular formula is C22H28F3NO4. The highest BCUT2D eigenvalue weighted by Gasteiger charge is 2.39. The zero-order valence-corrected chi connectivity index (χ0v) is 17.0. The van der Waals surface area contributed by atoms with Crippen molar-refractivity contribution in [2.75, 3.05) is 13.2 Å². The lowest BCUT2D eigenvalue weighted by molar-refractivity contribution is -0.167. The molecule has 3 rings (SSSR count). The van der Waals surface area contributed by atoms with E-state index in [4.69, 9.17) is 9.47 Å². The molecule has 1 aromatic rings. The van der Waals surface area contributed by atoms with E-state index in [0.29, 0.717) is 25.0 Å². The number of ether oxygens (including phenoxy) is 2. The molecule has 0 unspecified atom stereocenters. The Hall–Kier alpha value is -2.06. The molecule has 1 aromatic carbocycles. The number of rotatable bonds is 8. The van der Waals surface area contributed by atoms with Gasteiger partial charge in [-0.2, -0.15) is 13.2 Å². The highest BCUT2D eigenvalue weighted by Crippen LogP contribution is 2.40. The van der Waals surface area contributed by atoms with E-state index in [9.17, 15) is 23.1 Å². The number of hydrogen-bond acceptors (Lipinski definition) is 4. The molecule has 0 spiro atoms. The average molecular weight is 427 g/mol. The number of halogens is 3. The Morgan fingerprint density at radius 2 is 1.97 bits per heavy atom. The van der Waals surface area contributed by atoms with E-state index in [1.54, 1.807) is 6.08 Å². The van der Waals surface area contributed by atoms with Crippen molar-refractivity contribution in [3.05, 3.63) is 47.2 Å². The quantitative estimate of drug-likeness (QED) is 0.655. The van der Waals surface area contributed by atoms with Gasteiger partial charge in [-0.05, 0) is 62.8 Å². The van der Waals surface area contributed by atoms with Gasteiger partial charge >= 0.3 is 6.18 Å². The zero-order chi connectivity index (χ0) is 21.7. The van der Waals surface area contributed by atoms with E-state index < -0.39 is 18.0 Å². The molecule has 166 valence electrons. The molecule has 5 nitrogen and oxygen atoms in total. The Bertz CT molecular complexity index is 744. The molecule has 1 fully saturated rings. The van der Waals surface area contributed by atoms with E-state index in [2.05, 4.69) is 5.32 Å². The van der Waals surface area contributed by atoms with Crippen molar-refractivity contribution in [3.8, 4) is 0 Å². The predicted octanol–water partition coefficient (Wildman–Crippen LogP) is 4.12. The fourth-order valence-corrected chi connectivity index (χ4v) is 3.85. The van der Waals surface area contributed by atoms with E-state index in [1.165, 1.54) is 12.1 Å². The highest BCUT2D eigenvalue weighted by molar-refractivity contribution is 5.92. The smallest absolute Gasteiger partial charge is 0.416 e. The van der Waals surface area contributed by atoms with Crippen LogP contribution in [0.2, 0.25) is 0 Å². The van der Waals surface area contributed by atoms with Crippen molar-refractivity contribution in [1.29, 1.82) is 0 Å². The van der Waals surface area contributed by atoms with Gasteiger partial charge in [0.2, 0.25) is 6.29 Å². The maximum atomic E-state index is 13.0. The third-order valence-corrected chi connectivity index (χ3v) is 5.70. The minimum Gasteiger partial charge on any atom is -0.459 e. The molecule has 1 aliphatic carbocycles. The van der Waals surface area contributed by atoms with Gasteiger partial charge < -0.3 is 19.9 Å². The van der Waals surface area contributed by atoms with Crippen molar-refractivity contribution < 1.29 is 32.5 Å². The number of carbonyl (C=O) groups is 1. The van der Waals surface area contributed by atoms with E-state index >= 15 is 0 Å². The normalized spacial score (nSPS) is 24.6. The lowest BCUT2D eigenvalue weighted by Gasteiger charge is -2.37. The van der Waals surface area contributed by atoms with Crippen LogP contribution in [0, 0.1) is 5.92 Å². The first kappa shape index (κ1) is 22.6. The van der Waals surface area contributed by atoms with E-state index in [1.807, 2.05) is 6.92 Å². The number of benzene rings is 1. The van der Waals surface area contributed by atoms with Crippen LogP contribution in [-0.2, 0) is 20.4 Å². The Morgan fingerprint density at radius 3 is 2.50 bits per heavy atom. The minimum absolute atomic E-state index is 0.0200. The molecule has 1 heterocycles. The zero-order valence-electron chi connectivity index (χ0n) is 17.0. The van der Waals surface area contributed by atoms with Crippen LogP contribution in [0.4, 0.5) is 13.2 Å². The lowest BCUT2D eigenvalue weighted by Crippen LogP contribution is -2.43. The molecule has 0 saturated heterocycles. The summed E-state index contributed by atoms with van der Waals surface area (Å²) in [5, 5.41) is 12.2. The Morgan fingerprint density at radius 1 is 1.27 bits per heavy atom. The van der Waals surface area contributed by atoms with Gasteiger partial charge in [-0.1, -0.05) is 12.1 Å². The summed E-state index contributed by atoms with van der Waals surface area (Å²) in [4.78, 5) is 12.7. The summed E-state index contributed by atoms with van der Waals surface area (Å²) in [5.41, 5.74) is -0.0774. The second-order valence-corrected chi connectivity index (χ2v) is 7.75. The van der Waals surface area contributed by atoms with Gasteiger partial charge in [0.1, 0.15) is 0 Å². The number of allylic oxidation sites excluding steroid dienone is 1. The SMILES string of the molecule is CCO[C@@H]1OC(C(=O)NC2CCC2)=C[C@H](c2ccc(C(F)(F)F)cc2)[C@@H]1CCCO. The van der Waals surface area contributed by atoms with Crippen LogP contribution in [-0.4, -0.2) is 36.6 Å². The first-order valence-corrected chi connectivity index (χ1v) is 10.4. The van der Waals surface area contributed by atoms with Gasteiger partial charge in [0, 0.05) is 31.1 Å². The van der Waals surface area contributed by atoms with E-state index in [-0.39, 0.29) is 36.2 Å². The number of aliphatic hydroxyl groups is 1. The second-order valence-electron chi connectivity index (χ2n) is 7.75. The number of aliphatic hydroxyl groups excluding tert-OH is 1. The van der Waals surface area contributed by atoms with Crippen LogP contribution >= 0.6 is 0 Å². The number of carbonyl (C=O) groups excluding carboxylic acids is 1. The van der Waals surface area contributed by atoms with Crippen molar-refractivity contribution in [3.63, 3.8) is 0 Å². The number of alkyl halides is 3. The van der Waals surface area contributed by atoms with Crippen LogP contribution in [0.5, 0.6) is 0 Å². The topological polar surface area (TPSA) is 67.8 Å². The van der Waals surface area contributed by atoms with Crippen LogP contribution in [0.15, 0.2) is 36.1 Å². The largest absolute Gasteiger partial charge is 0.459 e. The second kappa shape index (κ2) is 9.83. The van der Waals surface area contributed by atoms with Gasteiger partial charge in [-0.25, -0.2) is 0 Å². The molecule has 2 aliphatic rings. The van der Waals surface area contributed by atoms with Gasteiger partial charge in [0.25, 0.3) is 5.91 Å². The van der Waals surface area contributed by atoms with Crippen LogP contribution in [0.25, 0.3) is 0 Å². The van der Waals surface area contributed by atoms with Gasteiger partial charge in [-0.15, -0.1) is 0 Å². The Labute approximate surface area is 174 Å². The standard InChI is InChI=1S/C22H28F3NO4/c1-2-29-21-17(7-4-12-27)18(14-8-10-15(11-9-14)22(23,24)25)13-19(30-21)20(28)26-16-5-3-6-16/h8-11,13,16-18,21,27H,2-7,12H2,1H3,(H,26,28)/t17-,18+,21+/m0/s1. The Kier molecular flexibility index (Phi) is 7.41. The highest BCUT2D eigenvalue weighted by atomic mass is 19.4. The molecule has 2 N–H and O–H groups in total. The summed E-state index contributed by atoms with van der Waals surface area (Å²) >= 11 is 0. The molecule has 1 amide bonds. The summed E-state index contributed by atoms with van der Waals surface area (Å²) in [6.07, 6.45) is 0.499. The van der Waals surface area contributed by atoms with Crippen molar-refractivity contribution in [2.45, 2.75) is 63.5 Å². The number of hydrogen-bond donors (Lipinski definition) is 2. The maximum Gasteiger partial charge on any atom is 0.416 e. The molecule has 1 saturated carbocycles. The predicted molar refractivity (Wildman–Crippen MR) is 104 cm³/mol. The summed E-state index contributed by atoms with van der Waals surface area (Å²) in [5.74, 6) is -0.812. The van der Waals surface area contributed by atoms with Crippen LogP contribution in [0.1, 0.15) is 56.1 Å². The fourth-order valence-electron chi connectivity index (χ4n) is 3.85. The summed E-state index contributed by atoms with van der Waals surface area (Å²) in [7, 11) is 0. The molecule has 0 aromatic heterocycles. The molecule has 8 heteroatoms. The average Bonchev–Trinajstić information content (AvgIpc) is 2.68. The minimum atomic E-state index is -4.41. The number of amides is 1. The molecular weight excluding hydrogens is 399 g/mol. The lowest BCUT2D eigenvalue weighted by atomic mass is 9.80. The fraction of sp³-hybridized carbons (Fsp3) is 0.591. The van der Waals surface area contributed by atoms with Gasteiger partial charge in [-0.3, -0.25) is 4.79 Å². The van der Waals surface area contributed by atoms with E-state index in [0.717, 1.165) is 31.4 Å². The van der Waals surface area contributed by atoms with Gasteiger partial charge in [0.05, 0.1) is 5.56 Å². The van der Waals surface area contributed by atoms with Crippen LogP contribution < -0.4 is 5.32 Å². The van der Waals surface area contributed by atoms with Gasteiger partial charge in [0.15, 0.2) is 5.76 Å². The third kappa shape index (κ3) is 5.35. The summed E-state index contributed by atoms with van der Waals surface area (Å²) in [6, 6.07) is 5.10. The molecule has 1 aliphatic heterocycles.